The largest absolute Gasteiger partial charge is 0.484 e. The van der Waals surface area contributed by atoms with E-state index in [1.807, 2.05) is 45.0 Å². The van der Waals surface area contributed by atoms with Gasteiger partial charge in [0.2, 0.25) is 0 Å². The fraction of sp³-hybridized carbons (Fsp3) is 0.375. The van der Waals surface area contributed by atoms with Crippen LogP contribution in [0.3, 0.4) is 0 Å². The predicted molar refractivity (Wildman–Crippen MR) is 114 cm³/mol. The molecule has 1 amide bonds. The third-order valence-corrected chi connectivity index (χ3v) is 4.98. The van der Waals surface area contributed by atoms with E-state index in [-0.39, 0.29) is 18.1 Å². The smallest absolute Gasteiger partial charge is 0.262 e. The fourth-order valence-corrected chi connectivity index (χ4v) is 3.44. The summed E-state index contributed by atoms with van der Waals surface area (Å²) in [5, 5.41) is 3.03. The average molecular weight is 380 g/mol. The Morgan fingerprint density at radius 3 is 2.46 bits per heavy atom. The first-order valence-electron chi connectivity index (χ1n) is 9.89. The Bertz CT molecular complexity index is 890. The van der Waals surface area contributed by atoms with E-state index in [2.05, 4.69) is 37.4 Å². The first-order valence-corrected chi connectivity index (χ1v) is 9.89. The van der Waals surface area contributed by atoms with Crippen molar-refractivity contribution in [1.82, 2.24) is 0 Å². The standard InChI is InChI=1S/C24H29NO3/c1-6-17-9-8-10-18(7-2)23(17)25-22(26)15-27-19-13-16(3)20-11-12-24(4,5)28-21(20)14-19/h8-14H,6-7,15H2,1-5H3,(H,25,26). The van der Waals surface area contributed by atoms with E-state index in [0.717, 1.165) is 46.5 Å². The maximum atomic E-state index is 12.5. The maximum Gasteiger partial charge on any atom is 0.262 e. The van der Waals surface area contributed by atoms with Crippen LogP contribution in [-0.4, -0.2) is 18.1 Å². The van der Waals surface area contributed by atoms with Gasteiger partial charge in [-0.3, -0.25) is 4.79 Å². The minimum Gasteiger partial charge on any atom is -0.484 e. The third kappa shape index (κ3) is 4.38. The number of carbonyl (C=O) groups excluding carboxylic acids is 1. The zero-order chi connectivity index (χ0) is 20.3. The number of rotatable bonds is 6. The number of amides is 1. The number of hydrogen-bond acceptors (Lipinski definition) is 3. The van der Waals surface area contributed by atoms with Crippen molar-refractivity contribution in [3.63, 3.8) is 0 Å². The molecule has 0 saturated carbocycles. The molecule has 148 valence electrons. The van der Waals surface area contributed by atoms with Crippen molar-refractivity contribution in [2.75, 3.05) is 11.9 Å². The summed E-state index contributed by atoms with van der Waals surface area (Å²) >= 11 is 0. The van der Waals surface area contributed by atoms with Crippen molar-refractivity contribution < 1.29 is 14.3 Å². The molecule has 0 fully saturated rings. The highest BCUT2D eigenvalue weighted by Gasteiger charge is 2.23. The van der Waals surface area contributed by atoms with Gasteiger partial charge in [0.1, 0.15) is 17.1 Å². The molecule has 0 saturated heterocycles. The SMILES string of the molecule is CCc1cccc(CC)c1NC(=O)COc1cc(C)c2c(c1)OC(C)(C)C=C2. The van der Waals surface area contributed by atoms with Crippen LogP contribution >= 0.6 is 0 Å². The number of nitrogens with one attached hydrogen (secondary N) is 1. The summed E-state index contributed by atoms with van der Waals surface area (Å²) in [4.78, 5) is 12.5. The lowest BCUT2D eigenvalue weighted by atomic mass is 9.99. The van der Waals surface area contributed by atoms with Crippen LogP contribution in [0.4, 0.5) is 5.69 Å². The lowest BCUT2D eigenvalue weighted by molar-refractivity contribution is -0.118. The van der Waals surface area contributed by atoms with E-state index >= 15 is 0 Å². The molecule has 1 aliphatic rings. The van der Waals surface area contributed by atoms with Crippen molar-refractivity contribution >= 4 is 17.7 Å². The van der Waals surface area contributed by atoms with E-state index in [9.17, 15) is 4.79 Å². The number of ether oxygens (including phenoxy) is 2. The molecule has 3 rings (SSSR count). The van der Waals surface area contributed by atoms with E-state index < -0.39 is 0 Å². The van der Waals surface area contributed by atoms with Crippen LogP contribution in [0.2, 0.25) is 0 Å². The molecular formula is C24H29NO3. The molecule has 0 spiro atoms. The van der Waals surface area contributed by atoms with Crippen LogP contribution in [0.15, 0.2) is 36.4 Å². The molecule has 1 aliphatic heterocycles. The summed E-state index contributed by atoms with van der Waals surface area (Å²) in [6, 6.07) is 9.94. The van der Waals surface area contributed by atoms with E-state index in [1.54, 1.807) is 0 Å². The highest BCUT2D eigenvalue weighted by molar-refractivity contribution is 5.93. The molecule has 0 aromatic heterocycles. The quantitative estimate of drug-likeness (QED) is 0.739. The Morgan fingerprint density at radius 1 is 1.14 bits per heavy atom. The first kappa shape index (κ1) is 20.0. The number of fused-ring (bicyclic) bond motifs is 1. The Hall–Kier alpha value is -2.75. The van der Waals surface area contributed by atoms with Gasteiger partial charge in [-0.15, -0.1) is 0 Å². The Balaban J connectivity index is 1.71. The predicted octanol–water partition coefficient (Wildman–Crippen LogP) is 5.32. The van der Waals surface area contributed by atoms with Gasteiger partial charge >= 0.3 is 0 Å². The fourth-order valence-electron chi connectivity index (χ4n) is 3.44. The lowest BCUT2D eigenvalue weighted by Crippen LogP contribution is -2.27. The van der Waals surface area contributed by atoms with Crippen molar-refractivity contribution in [2.45, 2.75) is 53.1 Å². The summed E-state index contributed by atoms with van der Waals surface area (Å²) in [6.07, 6.45) is 5.87. The number of carbonyl (C=O) groups is 1. The summed E-state index contributed by atoms with van der Waals surface area (Å²) in [5.41, 5.74) is 4.96. The molecule has 0 radical (unpaired) electrons. The van der Waals surface area contributed by atoms with Gasteiger partial charge in [-0.05, 0) is 62.4 Å². The monoisotopic (exact) mass is 379 g/mol. The highest BCUT2D eigenvalue weighted by atomic mass is 16.5. The highest BCUT2D eigenvalue weighted by Crippen LogP contribution is 2.36. The van der Waals surface area contributed by atoms with Crippen LogP contribution in [0.1, 0.15) is 49.9 Å². The number of anilines is 1. The van der Waals surface area contributed by atoms with Gasteiger partial charge in [-0.2, -0.15) is 0 Å². The number of aryl methyl sites for hydroxylation is 3. The van der Waals surface area contributed by atoms with Crippen LogP contribution in [0.5, 0.6) is 11.5 Å². The molecule has 4 nitrogen and oxygen atoms in total. The summed E-state index contributed by atoms with van der Waals surface area (Å²) < 4.78 is 11.8. The van der Waals surface area contributed by atoms with E-state index in [0.29, 0.717) is 5.75 Å². The van der Waals surface area contributed by atoms with Crippen LogP contribution in [0.25, 0.3) is 6.08 Å². The molecule has 0 atom stereocenters. The summed E-state index contributed by atoms with van der Waals surface area (Å²) in [5.74, 6) is 1.26. The van der Waals surface area contributed by atoms with Gasteiger partial charge in [0.15, 0.2) is 6.61 Å². The summed E-state index contributed by atoms with van der Waals surface area (Å²) in [7, 11) is 0. The molecule has 0 unspecified atom stereocenters. The second kappa shape index (κ2) is 8.09. The molecule has 4 heteroatoms. The molecular weight excluding hydrogens is 350 g/mol. The van der Waals surface area contributed by atoms with Crippen LogP contribution < -0.4 is 14.8 Å². The van der Waals surface area contributed by atoms with Crippen molar-refractivity contribution in [3.8, 4) is 11.5 Å². The molecule has 2 aromatic rings. The molecule has 0 aliphatic carbocycles. The molecule has 0 bridgehead atoms. The maximum absolute atomic E-state index is 12.5. The molecule has 28 heavy (non-hydrogen) atoms. The zero-order valence-electron chi connectivity index (χ0n) is 17.4. The van der Waals surface area contributed by atoms with E-state index in [1.165, 1.54) is 0 Å². The van der Waals surface area contributed by atoms with Gasteiger partial charge in [0, 0.05) is 17.3 Å². The second-order valence-electron chi connectivity index (χ2n) is 7.69. The Kier molecular flexibility index (Phi) is 5.78. The summed E-state index contributed by atoms with van der Waals surface area (Å²) in [6.45, 7) is 10.2. The van der Waals surface area contributed by atoms with Crippen LogP contribution in [-0.2, 0) is 17.6 Å². The van der Waals surface area contributed by atoms with Gasteiger partial charge in [-0.25, -0.2) is 0 Å². The van der Waals surface area contributed by atoms with Gasteiger partial charge in [0.25, 0.3) is 5.91 Å². The van der Waals surface area contributed by atoms with E-state index in [4.69, 9.17) is 9.47 Å². The topological polar surface area (TPSA) is 47.6 Å². The number of para-hydroxylation sites is 1. The average Bonchev–Trinajstić information content (AvgIpc) is 2.65. The third-order valence-electron chi connectivity index (χ3n) is 4.98. The number of hydrogen-bond donors (Lipinski definition) is 1. The minimum atomic E-state index is -0.351. The lowest BCUT2D eigenvalue weighted by Gasteiger charge is -2.29. The van der Waals surface area contributed by atoms with Gasteiger partial charge in [0.05, 0.1) is 0 Å². The van der Waals surface area contributed by atoms with Crippen molar-refractivity contribution in [1.29, 1.82) is 0 Å². The molecule has 1 heterocycles. The van der Waals surface area contributed by atoms with Gasteiger partial charge < -0.3 is 14.8 Å². The normalized spacial score (nSPS) is 14.2. The molecule has 2 aromatic carbocycles. The minimum absolute atomic E-state index is 0.0430. The zero-order valence-corrected chi connectivity index (χ0v) is 17.4. The Morgan fingerprint density at radius 2 is 1.82 bits per heavy atom. The Labute approximate surface area is 167 Å². The number of benzene rings is 2. The van der Waals surface area contributed by atoms with Crippen molar-refractivity contribution in [3.05, 3.63) is 58.7 Å². The van der Waals surface area contributed by atoms with Gasteiger partial charge in [-0.1, -0.05) is 38.1 Å². The molecule has 1 N–H and O–H groups in total. The second-order valence-corrected chi connectivity index (χ2v) is 7.69. The van der Waals surface area contributed by atoms with Crippen molar-refractivity contribution in [2.24, 2.45) is 0 Å². The first-order chi connectivity index (χ1) is 13.3. The van der Waals surface area contributed by atoms with Crippen LogP contribution in [0, 0.1) is 6.92 Å².